The smallest absolute Gasteiger partial charge is 0.418 e. The molecule has 0 spiro atoms. The molecule has 0 bridgehead atoms. The van der Waals surface area contributed by atoms with Gasteiger partial charge in [-0.15, -0.1) is 15.6 Å². The highest BCUT2D eigenvalue weighted by Crippen LogP contribution is 2.33. The Bertz CT molecular complexity index is 1800. The number of hydrogen-bond acceptors (Lipinski definition) is 15. The van der Waals surface area contributed by atoms with Crippen LogP contribution in [0.25, 0.3) is 0 Å². The summed E-state index contributed by atoms with van der Waals surface area (Å²) < 4.78 is 43.1. The van der Waals surface area contributed by atoms with Gasteiger partial charge < -0.3 is 36.4 Å². The Balaban J connectivity index is 1.20. The molecule has 19 nitrogen and oxygen atoms in total. The molecule has 256 valence electrons. The lowest BCUT2D eigenvalue weighted by molar-refractivity contribution is -0.703. The van der Waals surface area contributed by atoms with Gasteiger partial charge in [0.25, 0.3) is 17.9 Å². The van der Waals surface area contributed by atoms with E-state index in [2.05, 4.69) is 39.9 Å². The second-order valence-corrected chi connectivity index (χ2v) is 13.2. The van der Waals surface area contributed by atoms with E-state index in [4.69, 9.17) is 19.9 Å². The topological polar surface area (TPSA) is 261 Å². The van der Waals surface area contributed by atoms with E-state index in [1.807, 2.05) is 24.5 Å². The Morgan fingerprint density at radius 1 is 1.27 bits per heavy atom. The van der Waals surface area contributed by atoms with Crippen molar-refractivity contribution in [3.05, 3.63) is 53.9 Å². The lowest BCUT2D eigenvalue weighted by Crippen LogP contribution is -2.76. The first kappa shape index (κ1) is 34.4. The Morgan fingerprint density at radius 3 is 2.54 bits per heavy atom. The third-order valence-corrected chi connectivity index (χ3v) is 8.30. The zero-order valence-electron chi connectivity index (χ0n) is 25.5. The number of pyridine rings is 2. The second-order valence-electron chi connectivity index (χ2n) is 11.3. The number of rotatable bonds is 15. The quantitative estimate of drug-likeness (QED) is 0.0381. The molecule has 1 unspecified atom stereocenters. The van der Waals surface area contributed by atoms with Crippen molar-refractivity contribution in [3.8, 4) is 5.75 Å². The molecule has 2 fully saturated rings. The van der Waals surface area contributed by atoms with E-state index < -0.39 is 58.2 Å². The molecule has 2 saturated heterocycles. The van der Waals surface area contributed by atoms with Gasteiger partial charge in [-0.05, 0) is 26.0 Å². The van der Waals surface area contributed by atoms with Crippen LogP contribution in [0.2, 0.25) is 0 Å². The molecule has 21 heteroatoms. The largest absolute Gasteiger partial charge is 0.487 e. The number of hydroxylamine groups is 2. The molecule has 48 heavy (non-hydrogen) atoms. The van der Waals surface area contributed by atoms with Crippen LogP contribution in [0.1, 0.15) is 19.5 Å². The third-order valence-electron chi connectivity index (χ3n) is 7.28. The molecule has 2 atom stereocenters. The lowest BCUT2D eigenvalue weighted by Gasteiger charge is -2.50. The normalized spacial score (nSPS) is 18.3. The first-order valence-corrected chi connectivity index (χ1v) is 16.5. The predicted molar refractivity (Wildman–Crippen MR) is 167 cm³/mol. The summed E-state index contributed by atoms with van der Waals surface area (Å²) in [5, 5.41) is 24.0. The van der Waals surface area contributed by atoms with Gasteiger partial charge in [0.1, 0.15) is 29.9 Å². The molecule has 5 rings (SSSR count). The van der Waals surface area contributed by atoms with E-state index in [-0.39, 0.29) is 16.6 Å². The van der Waals surface area contributed by atoms with E-state index in [9.17, 15) is 27.9 Å². The molecule has 2 aliphatic heterocycles. The van der Waals surface area contributed by atoms with Crippen LogP contribution in [0.15, 0.2) is 53.4 Å². The molecule has 2 amide bonds. The number of thiazole rings is 1. The third kappa shape index (κ3) is 8.30. The maximum atomic E-state index is 13.2. The monoisotopic (exact) mass is 706 g/mol. The zero-order chi connectivity index (χ0) is 34.6. The minimum absolute atomic E-state index is 0.0550. The number of anilines is 3. The first-order chi connectivity index (χ1) is 22.7. The van der Waals surface area contributed by atoms with Gasteiger partial charge in [0.2, 0.25) is 0 Å². The van der Waals surface area contributed by atoms with Crippen molar-refractivity contribution < 1.29 is 50.9 Å². The standard InChI is InChI=1S/C27H31N9O10S2/c1-27(2)22(24(38)36(27)46-48(41,42)43)33-23(37)21(18-14-47-26(28)32-18)34-45-19(25(39)40)13-44-17-3-4-20(30-11-17)31-16-5-7-35(8-6-16)12-15-9-29-10-15/h3-8,11,14-15,19,22,29H,9-10,12-13H2,1-2H3,(H5,28,32,33,37,39,40,41,42,43)/p+1/b34-21-/t19?,22-/m1/s1. The number of nitrogens with zero attached hydrogens (tertiary/aromatic N) is 5. The van der Waals surface area contributed by atoms with Gasteiger partial charge in [-0.25, -0.2) is 19.3 Å². The molecule has 3 aromatic heterocycles. The molecule has 5 heterocycles. The SMILES string of the molecule is CC1(C)[C@H](NC(=O)/C(=N\OC(COc2ccc(Nc3cc[n+](CC4CNC4)cc3)nc2)C(=O)O)c2csc(N)n2)C(=O)N1OS(=O)(=O)O. The predicted octanol–water partition coefficient (Wildman–Crippen LogP) is -0.536. The number of nitrogens with two attached hydrogens (primary N) is 1. The summed E-state index contributed by atoms with van der Waals surface area (Å²) in [4.78, 5) is 51.1. The van der Waals surface area contributed by atoms with Gasteiger partial charge in [0, 0.05) is 36.5 Å². The van der Waals surface area contributed by atoms with Crippen LogP contribution in [0.3, 0.4) is 0 Å². The maximum absolute atomic E-state index is 13.2. The number of aromatic nitrogens is 3. The van der Waals surface area contributed by atoms with Crippen molar-refractivity contribution in [2.45, 2.75) is 38.1 Å². The second kappa shape index (κ2) is 14.0. The Kier molecular flexibility index (Phi) is 10.0. The van der Waals surface area contributed by atoms with E-state index in [1.54, 1.807) is 12.1 Å². The number of ether oxygens (including phenoxy) is 1. The van der Waals surface area contributed by atoms with Crippen LogP contribution in [0, 0.1) is 5.92 Å². The zero-order valence-corrected chi connectivity index (χ0v) is 27.1. The van der Waals surface area contributed by atoms with Gasteiger partial charge in [0.15, 0.2) is 29.8 Å². The molecule has 0 radical (unpaired) electrons. The average molecular weight is 707 g/mol. The maximum Gasteiger partial charge on any atom is 0.418 e. The summed E-state index contributed by atoms with van der Waals surface area (Å²) in [5.74, 6) is -2.11. The number of amides is 2. The van der Waals surface area contributed by atoms with E-state index >= 15 is 0 Å². The number of hydrogen-bond donors (Lipinski definition) is 6. The van der Waals surface area contributed by atoms with Gasteiger partial charge in [-0.2, -0.15) is 13.5 Å². The lowest BCUT2D eigenvalue weighted by atomic mass is 9.84. The summed E-state index contributed by atoms with van der Waals surface area (Å²) in [6.45, 7) is 5.16. The van der Waals surface area contributed by atoms with Crippen molar-refractivity contribution >= 4 is 61.9 Å². The molecule has 0 aliphatic carbocycles. The number of nitrogens with one attached hydrogen (secondary N) is 3. The van der Waals surface area contributed by atoms with Crippen LogP contribution < -0.4 is 31.0 Å². The highest BCUT2D eigenvalue weighted by molar-refractivity contribution is 7.80. The number of carboxylic acid groups (broad SMARTS) is 1. The minimum Gasteiger partial charge on any atom is -0.487 e. The van der Waals surface area contributed by atoms with Crippen LogP contribution in [0.4, 0.5) is 16.6 Å². The first-order valence-electron chi connectivity index (χ1n) is 14.3. The van der Waals surface area contributed by atoms with Crippen molar-refractivity contribution in [2.24, 2.45) is 11.1 Å². The van der Waals surface area contributed by atoms with Crippen molar-refractivity contribution in [1.82, 2.24) is 25.7 Å². The summed E-state index contributed by atoms with van der Waals surface area (Å²) >= 11 is 0.955. The van der Waals surface area contributed by atoms with Crippen molar-refractivity contribution in [2.75, 3.05) is 30.7 Å². The van der Waals surface area contributed by atoms with Crippen LogP contribution >= 0.6 is 11.3 Å². The molecule has 7 N–H and O–H groups in total. The fraction of sp³-hybridized carbons (Fsp3) is 0.370. The molecule has 0 saturated carbocycles. The van der Waals surface area contributed by atoms with Gasteiger partial charge >= 0.3 is 16.4 Å². The molecule has 0 aromatic carbocycles. The highest BCUT2D eigenvalue weighted by Gasteiger charge is 2.58. The van der Waals surface area contributed by atoms with Crippen molar-refractivity contribution in [1.29, 1.82) is 0 Å². The Hall–Kier alpha value is -4.96. The minimum atomic E-state index is -5.02. The fourth-order valence-corrected chi connectivity index (χ4v) is 5.58. The Morgan fingerprint density at radius 2 is 2.00 bits per heavy atom. The highest BCUT2D eigenvalue weighted by atomic mass is 32.3. The summed E-state index contributed by atoms with van der Waals surface area (Å²) in [6.07, 6.45) is 3.65. The van der Waals surface area contributed by atoms with Crippen LogP contribution in [-0.4, -0.2) is 94.0 Å². The van der Waals surface area contributed by atoms with Gasteiger partial charge in [0.05, 0.1) is 17.4 Å². The molecular weight excluding hydrogens is 674 g/mol. The molecule has 3 aromatic rings. The van der Waals surface area contributed by atoms with Gasteiger partial charge in [-0.3, -0.25) is 14.1 Å². The number of aliphatic carboxylic acids is 1. The number of oxime groups is 1. The van der Waals surface area contributed by atoms with Crippen molar-refractivity contribution in [3.63, 3.8) is 0 Å². The number of carbonyl (C=O) groups excluding carboxylic acids is 2. The van der Waals surface area contributed by atoms with Crippen LogP contribution in [0.5, 0.6) is 5.75 Å². The summed E-state index contributed by atoms with van der Waals surface area (Å²) in [5.41, 5.74) is 4.47. The number of β-lactam (4-membered cyclic amide) rings is 1. The van der Waals surface area contributed by atoms with E-state index in [1.165, 1.54) is 25.4 Å². The average Bonchev–Trinajstić information content (AvgIpc) is 3.44. The molecule has 2 aliphatic rings. The number of carboxylic acids is 1. The number of carbonyl (C=O) groups is 3. The van der Waals surface area contributed by atoms with Crippen LogP contribution in [-0.2, 0) is 40.4 Å². The Labute approximate surface area is 277 Å². The fourth-order valence-electron chi connectivity index (χ4n) is 4.58. The number of nitrogen functional groups attached to an aromatic ring is 1. The van der Waals surface area contributed by atoms with E-state index in [0.29, 0.717) is 16.8 Å². The summed E-state index contributed by atoms with van der Waals surface area (Å²) in [6, 6.07) is 5.75. The summed E-state index contributed by atoms with van der Waals surface area (Å²) in [7, 11) is -5.02. The van der Waals surface area contributed by atoms with E-state index in [0.717, 1.165) is 36.7 Å². The molecular formula is C27H32N9O10S2+. The van der Waals surface area contributed by atoms with Gasteiger partial charge in [-0.1, -0.05) is 5.16 Å².